The molecule has 0 aromatic carbocycles. The van der Waals surface area contributed by atoms with Gasteiger partial charge in [-0.1, -0.05) is 20.8 Å². The third-order valence-electron chi connectivity index (χ3n) is 4.41. The predicted octanol–water partition coefficient (Wildman–Crippen LogP) is 2.18. The Morgan fingerprint density at radius 2 is 1.58 bits per heavy atom. The van der Waals surface area contributed by atoms with E-state index < -0.39 is 0 Å². The first-order chi connectivity index (χ1) is 9.13. The van der Waals surface area contributed by atoms with Crippen molar-refractivity contribution < 1.29 is 0 Å². The van der Waals surface area contributed by atoms with Crippen LogP contribution in [-0.4, -0.2) is 61.2 Å². The first-order valence-electron chi connectivity index (χ1n) is 8.34. The van der Waals surface area contributed by atoms with Crippen LogP contribution in [-0.2, 0) is 0 Å². The Balaban J connectivity index is 1.68. The molecule has 2 rings (SSSR count). The molecule has 2 atom stereocenters. The molecule has 0 aromatic heterocycles. The number of rotatable bonds is 6. The van der Waals surface area contributed by atoms with Crippen LogP contribution in [0.4, 0.5) is 0 Å². The van der Waals surface area contributed by atoms with Gasteiger partial charge in [-0.15, -0.1) is 0 Å². The van der Waals surface area contributed by atoms with Crippen LogP contribution in [0.5, 0.6) is 0 Å². The van der Waals surface area contributed by atoms with Gasteiger partial charge in [-0.05, 0) is 51.2 Å². The summed E-state index contributed by atoms with van der Waals surface area (Å²) in [4.78, 5) is 5.34. The molecule has 2 heterocycles. The van der Waals surface area contributed by atoms with Crippen molar-refractivity contribution in [2.24, 2.45) is 5.92 Å². The van der Waals surface area contributed by atoms with Gasteiger partial charge in [-0.25, -0.2) is 0 Å². The van der Waals surface area contributed by atoms with Crippen molar-refractivity contribution in [1.82, 2.24) is 15.1 Å². The summed E-state index contributed by atoms with van der Waals surface area (Å²) < 4.78 is 0. The average Bonchev–Trinajstić information content (AvgIpc) is 2.81. The highest BCUT2D eigenvalue weighted by atomic mass is 15.2. The van der Waals surface area contributed by atoms with Crippen molar-refractivity contribution in [2.75, 3.05) is 39.3 Å². The number of hydrogen-bond donors (Lipinski definition) is 1. The van der Waals surface area contributed by atoms with Crippen molar-refractivity contribution >= 4 is 0 Å². The van der Waals surface area contributed by atoms with E-state index in [1.807, 2.05) is 0 Å². The lowest BCUT2D eigenvalue weighted by atomic mass is 10.0. The zero-order chi connectivity index (χ0) is 13.7. The maximum Gasteiger partial charge on any atom is 0.0197 e. The molecule has 3 heteroatoms. The van der Waals surface area contributed by atoms with E-state index in [0.717, 1.165) is 5.92 Å². The third-order valence-corrected chi connectivity index (χ3v) is 4.41. The molecule has 2 unspecified atom stereocenters. The van der Waals surface area contributed by atoms with Gasteiger partial charge in [-0.2, -0.15) is 0 Å². The lowest BCUT2D eigenvalue weighted by Gasteiger charge is -2.36. The van der Waals surface area contributed by atoms with E-state index in [1.165, 1.54) is 65.0 Å². The Morgan fingerprint density at radius 3 is 2.26 bits per heavy atom. The standard InChI is InChI=1S/C16H33N3/c1-14(2)17-16-7-6-10-19(13-16)12-15(3)11-18-8-4-5-9-18/h14-17H,4-13H2,1-3H3. The molecule has 0 amide bonds. The Kier molecular flexibility index (Phi) is 6.11. The molecule has 0 aliphatic carbocycles. The second kappa shape index (κ2) is 7.61. The molecule has 0 saturated carbocycles. The summed E-state index contributed by atoms with van der Waals surface area (Å²) in [7, 11) is 0. The van der Waals surface area contributed by atoms with E-state index in [4.69, 9.17) is 0 Å². The van der Waals surface area contributed by atoms with E-state index in [9.17, 15) is 0 Å². The second-order valence-corrected chi connectivity index (χ2v) is 7.03. The zero-order valence-electron chi connectivity index (χ0n) is 13.2. The monoisotopic (exact) mass is 267 g/mol. The van der Waals surface area contributed by atoms with Gasteiger partial charge >= 0.3 is 0 Å². The van der Waals surface area contributed by atoms with Crippen molar-refractivity contribution in [2.45, 2.75) is 58.5 Å². The average molecular weight is 267 g/mol. The summed E-state index contributed by atoms with van der Waals surface area (Å²) in [6, 6.07) is 1.33. The van der Waals surface area contributed by atoms with Crippen LogP contribution in [0.25, 0.3) is 0 Å². The van der Waals surface area contributed by atoms with Crippen LogP contribution < -0.4 is 5.32 Å². The molecule has 2 aliphatic rings. The summed E-state index contributed by atoms with van der Waals surface area (Å²) in [5.41, 5.74) is 0. The summed E-state index contributed by atoms with van der Waals surface area (Å²) in [6.07, 6.45) is 5.55. The minimum absolute atomic E-state index is 0.618. The number of nitrogens with zero attached hydrogens (tertiary/aromatic N) is 2. The lowest BCUT2D eigenvalue weighted by Crippen LogP contribution is -2.49. The fourth-order valence-corrected chi connectivity index (χ4v) is 3.73. The molecular formula is C16H33N3. The van der Waals surface area contributed by atoms with E-state index in [2.05, 4.69) is 35.9 Å². The highest BCUT2D eigenvalue weighted by Crippen LogP contribution is 2.15. The van der Waals surface area contributed by atoms with Crippen LogP contribution in [0, 0.1) is 5.92 Å². The minimum Gasteiger partial charge on any atom is -0.311 e. The topological polar surface area (TPSA) is 18.5 Å². The molecule has 2 fully saturated rings. The molecule has 19 heavy (non-hydrogen) atoms. The van der Waals surface area contributed by atoms with Crippen LogP contribution in [0.1, 0.15) is 46.5 Å². The fourth-order valence-electron chi connectivity index (χ4n) is 3.73. The van der Waals surface area contributed by atoms with Crippen molar-refractivity contribution in [1.29, 1.82) is 0 Å². The molecule has 1 N–H and O–H groups in total. The van der Waals surface area contributed by atoms with Crippen LogP contribution in [0.3, 0.4) is 0 Å². The number of piperidine rings is 1. The first kappa shape index (κ1) is 15.3. The minimum atomic E-state index is 0.618. The van der Waals surface area contributed by atoms with Gasteiger partial charge in [0.15, 0.2) is 0 Å². The van der Waals surface area contributed by atoms with Gasteiger partial charge in [0.2, 0.25) is 0 Å². The Labute approximate surface area is 119 Å². The Morgan fingerprint density at radius 1 is 0.947 bits per heavy atom. The number of hydrogen-bond acceptors (Lipinski definition) is 3. The largest absolute Gasteiger partial charge is 0.311 e. The van der Waals surface area contributed by atoms with Gasteiger partial charge in [0.05, 0.1) is 0 Å². The van der Waals surface area contributed by atoms with Crippen molar-refractivity contribution in [3.05, 3.63) is 0 Å². The number of likely N-dealkylation sites (tertiary alicyclic amines) is 2. The predicted molar refractivity (Wildman–Crippen MR) is 82.6 cm³/mol. The fraction of sp³-hybridized carbons (Fsp3) is 1.00. The molecule has 0 spiro atoms. The van der Waals surface area contributed by atoms with Gasteiger partial charge in [0, 0.05) is 31.7 Å². The summed E-state index contributed by atoms with van der Waals surface area (Å²) in [5.74, 6) is 0.816. The first-order valence-corrected chi connectivity index (χ1v) is 8.34. The molecular weight excluding hydrogens is 234 g/mol. The smallest absolute Gasteiger partial charge is 0.0197 e. The molecule has 112 valence electrons. The van der Waals surface area contributed by atoms with Crippen LogP contribution in [0.2, 0.25) is 0 Å². The van der Waals surface area contributed by atoms with Gasteiger partial charge in [0.25, 0.3) is 0 Å². The molecule has 0 aromatic rings. The van der Waals surface area contributed by atoms with Crippen molar-refractivity contribution in [3.63, 3.8) is 0 Å². The zero-order valence-corrected chi connectivity index (χ0v) is 13.2. The van der Waals surface area contributed by atoms with Gasteiger partial charge in [-0.3, -0.25) is 0 Å². The van der Waals surface area contributed by atoms with Gasteiger partial charge < -0.3 is 15.1 Å². The number of nitrogens with one attached hydrogen (secondary N) is 1. The molecule has 3 nitrogen and oxygen atoms in total. The maximum absolute atomic E-state index is 3.71. The Hall–Kier alpha value is -0.120. The maximum atomic E-state index is 3.71. The van der Waals surface area contributed by atoms with E-state index in [0.29, 0.717) is 12.1 Å². The molecule has 0 radical (unpaired) electrons. The van der Waals surface area contributed by atoms with Crippen LogP contribution >= 0.6 is 0 Å². The van der Waals surface area contributed by atoms with Crippen LogP contribution in [0.15, 0.2) is 0 Å². The SMILES string of the molecule is CC(CN1CCCC1)CN1CCCC(NC(C)C)C1. The van der Waals surface area contributed by atoms with E-state index in [1.54, 1.807) is 0 Å². The highest BCUT2D eigenvalue weighted by molar-refractivity contribution is 4.81. The second-order valence-electron chi connectivity index (χ2n) is 7.03. The van der Waals surface area contributed by atoms with E-state index >= 15 is 0 Å². The Bertz CT molecular complexity index is 248. The normalized spacial score (nSPS) is 28.1. The summed E-state index contributed by atoms with van der Waals surface area (Å²) >= 11 is 0. The van der Waals surface area contributed by atoms with Crippen molar-refractivity contribution in [3.8, 4) is 0 Å². The molecule has 0 bridgehead atoms. The summed E-state index contributed by atoms with van der Waals surface area (Å²) in [5, 5.41) is 3.71. The molecule has 2 aliphatic heterocycles. The summed E-state index contributed by atoms with van der Waals surface area (Å²) in [6.45, 7) is 14.8. The lowest BCUT2D eigenvalue weighted by molar-refractivity contribution is 0.150. The van der Waals surface area contributed by atoms with E-state index in [-0.39, 0.29) is 0 Å². The quantitative estimate of drug-likeness (QED) is 0.796. The molecule has 2 saturated heterocycles. The third kappa shape index (κ3) is 5.41. The van der Waals surface area contributed by atoms with Gasteiger partial charge in [0.1, 0.15) is 0 Å². The highest BCUT2D eigenvalue weighted by Gasteiger charge is 2.22.